The molecular weight excluding hydrogens is 290 g/mol. The molecule has 0 atom stereocenters. The van der Waals surface area contributed by atoms with Gasteiger partial charge in [0.15, 0.2) is 5.78 Å². The molecule has 0 fully saturated rings. The van der Waals surface area contributed by atoms with Gasteiger partial charge in [-0.25, -0.2) is 0 Å². The van der Waals surface area contributed by atoms with Crippen LogP contribution in [0.5, 0.6) is 5.75 Å². The molecule has 0 aromatic heterocycles. The van der Waals surface area contributed by atoms with Gasteiger partial charge >= 0.3 is 0 Å². The molecular formula is C19H21NO3. The van der Waals surface area contributed by atoms with Gasteiger partial charge in [-0.2, -0.15) is 0 Å². The van der Waals surface area contributed by atoms with Crippen LogP contribution in [0.25, 0.3) is 0 Å². The van der Waals surface area contributed by atoms with Crippen molar-refractivity contribution in [2.75, 3.05) is 18.6 Å². The number of hydrogen-bond acceptors (Lipinski definition) is 3. The second-order valence-electron chi connectivity index (χ2n) is 5.23. The number of hydrogen-bond donors (Lipinski definition) is 0. The van der Waals surface area contributed by atoms with Crippen molar-refractivity contribution in [3.63, 3.8) is 0 Å². The van der Waals surface area contributed by atoms with E-state index in [2.05, 4.69) is 0 Å². The summed E-state index contributed by atoms with van der Waals surface area (Å²) in [7, 11) is 1.56. The van der Waals surface area contributed by atoms with Crippen molar-refractivity contribution >= 4 is 17.4 Å². The summed E-state index contributed by atoms with van der Waals surface area (Å²) in [6.07, 6.45) is 0.188. The first-order chi connectivity index (χ1) is 11.1. The number of anilines is 1. The topological polar surface area (TPSA) is 46.6 Å². The smallest absolute Gasteiger partial charge is 0.231 e. The molecule has 0 bridgehead atoms. The summed E-state index contributed by atoms with van der Waals surface area (Å²) in [5.74, 6) is 0.557. The minimum atomic E-state index is -0.0308. The number of carbonyl (C=O) groups is 2. The van der Waals surface area contributed by atoms with Crippen molar-refractivity contribution in [2.45, 2.75) is 20.3 Å². The zero-order valence-electron chi connectivity index (χ0n) is 13.7. The zero-order chi connectivity index (χ0) is 16.8. The molecule has 0 unspecified atom stereocenters. The van der Waals surface area contributed by atoms with Gasteiger partial charge in [0.05, 0.1) is 13.5 Å². The van der Waals surface area contributed by atoms with Gasteiger partial charge < -0.3 is 9.64 Å². The van der Waals surface area contributed by atoms with Crippen LogP contribution in [0.1, 0.15) is 29.8 Å². The maximum Gasteiger partial charge on any atom is 0.231 e. The number of ketones is 1. The maximum atomic E-state index is 12.7. The predicted molar refractivity (Wildman–Crippen MR) is 91.2 cm³/mol. The average molecular weight is 311 g/mol. The molecule has 2 rings (SSSR count). The summed E-state index contributed by atoms with van der Waals surface area (Å²) in [4.78, 5) is 26.0. The van der Waals surface area contributed by atoms with E-state index < -0.39 is 0 Å². The fourth-order valence-electron chi connectivity index (χ4n) is 2.50. The van der Waals surface area contributed by atoms with E-state index in [9.17, 15) is 9.59 Å². The molecule has 1 amide bonds. The number of likely N-dealkylation sites (N-methyl/N-ethyl adjacent to an activating group) is 1. The summed E-state index contributed by atoms with van der Waals surface area (Å²) < 4.78 is 5.32. The molecule has 0 aliphatic heterocycles. The van der Waals surface area contributed by atoms with Crippen molar-refractivity contribution in [3.05, 3.63) is 59.7 Å². The summed E-state index contributed by atoms with van der Waals surface area (Å²) in [5, 5.41) is 0. The fourth-order valence-corrected chi connectivity index (χ4v) is 2.50. The Hall–Kier alpha value is -2.62. The Morgan fingerprint density at radius 3 is 2.35 bits per heavy atom. The van der Waals surface area contributed by atoms with Crippen molar-refractivity contribution in [1.29, 1.82) is 0 Å². The van der Waals surface area contributed by atoms with E-state index in [1.165, 1.54) is 6.92 Å². The number of benzene rings is 2. The first-order valence-electron chi connectivity index (χ1n) is 7.60. The van der Waals surface area contributed by atoms with Crippen LogP contribution in [0, 0.1) is 0 Å². The lowest BCUT2D eigenvalue weighted by Crippen LogP contribution is -2.32. The average Bonchev–Trinajstić information content (AvgIpc) is 2.56. The second-order valence-corrected chi connectivity index (χ2v) is 5.23. The molecule has 0 spiro atoms. The Labute approximate surface area is 136 Å². The van der Waals surface area contributed by atoms with Gasteiger partial charge in [-0.1, -0.05) is 18.2 Å². The van der Waals surface area contributed by atoms with Crippen molar-refractivity contribution in [3.8, 4) is 5.75 Å². The minimum absolute atomic E-state index is 0.0299. The number of nitrogens with zero attached hydrogens (tertiary/aromatic N) is 1. The third-order valence-electron chi connectivity index (χ3n) is 3.71. The molecule has 0 N–H and O–H groups in total. The highest BCUT2D eigenvalue weighted by atomic mass is 16.5. The van der Waals surface area contributed by atoms with E-state index in [0.717, 1.165) is 11.3 Å². The summed E-state index contributed by atoms with van der Waals surface area (Å²) >= 11 is 0. The van der Waals surface area contributed by atoms with Crippen LogP contribution in [-0.2, 0) is 11.2 Å². The summed E-state index contributed by atoms with van der Waals surface area (Å²) in [6, 6.07) is 14.7. The van der Waals surface area contributed by atoms with Gasteiger partial charge in [0.2, 0.25) is 5.91 Å². The number of rotatable bonds is 6. The fraction of sp³-hybridized carbons (Fsp3) is 0.263. The summed E-state index contributed by atoms with van der Waals surface area (Å²) in [6.45, 7) is 4.03. The molecule has 0 saturated heterocycles. The lowest BCUT2D eigenvalue weighted by Gasteiger charge is -2.21. The van der Waals surface area contributed by atoms with Crippen LogP contribution < -0.4 is 9.64 Å². The highest BCUT2D eigenvalue weighted by Crippen LogP contribution is 2.23. The summed E-state index contributed by atoms with van der Waals surface area (Å²) in [5.41, 5.74) is 2.16. The lowest BCUT2D eigenvalue weighted by molar-refractivity contribution is -0.118. The van der Waals surface area contributed by atoms with E-state index in [1.807, 2.05) is 37.3 Å². The van der Waals surface area contributed by atoms with Gasteiger partial charge in [0.25, 0.3) is 0 Å². The van der Waals surface area contributed by atoms with Gasteiger partial charge in [0, 0.05) is 23.4 Å². The monoisotopic (exact) mass is 311 g/mol. The van der Waals surface area contributed by atoms with Crippen LogP contribution in [0.3, 0.4) is 0 Å². The number of amides is 1. The van der Waals surface area contributed by atoms with E-state index in [0.29, 0.717) is 17.9 Å². The molecule has 0 saturated carbocycles. The molecule has 23 heavy (non-hydrogen) atoms. The van der Waals surface area contributed by atoms with Crippen molar-refractivity contribution in [2.24, 2.45) is 0 Å². The van der Waals surface area contributed by atoms with Crippen LogP contribution >= 0.6 is 0 Å². The molecule has 0 radical (unpaired) electrons. The van der Waals surface area contributed by atoms with Crippen molar-refractivity contribution in [1.82, 2.24) is 0 Å². The van der Waals surface area contributed by atoms with Crippen LogP contribution in [0.2, 0.25) is 0 Å². The van der Waals surface area contributed by atoms with Crippen LogP contribution in [0.4, 0.5) is 5.69 Å². The van der Waals surface area contributed by atoms with Crippen molar-refractivity contribution < 1.29 is 14.3 Å². The SMILES string of the molecule is CCN(C(=O)Cc1cc(C(C)=O)ccc1OC)c1ccccc1. The Morgan fingerprint density at radius 1 is 1.09 bits per heavy atom. The second kappa shape index (κ2) is 7.58. The van der Waals surface area contributed by atoms with Crippen LogP contribution in [-0.4, -0.2) is 25.3 Å². The van der Waals surface area contributed by atoms with E-state index in [-0.39, 0.29) is 18.1 Å². The number of methoxy groups -OCH3 is 1. The standard InChI is InChI=1S/C19H21NO3/c1-4-20(17-8-6-5-7-9-17)19(22)13-16-12-15(14(2)21)10-11-18(16)23-3/h5-12H,4,13H2,1-3H3. The number of para-hydroxylation sites is 1. The molecule has 0 aliphatic rings. The third kappa shape index (κ3) is 3.97. The Bertz CT molecular complexity index is 695. The highest BCUT2D eigenvalue weighted by molar-refractivity contribution is 5.97. The molecule has 120 valence electrons. The number of Topliss-reactive ketones (excluding diaryl/α,β-unsaturated/α-hetero) is 1. The quantitative estimate of drug-likeness (QED) is 0.767. The minimum Gasteiger partial charge on any atom is -0.496 e. The molecule has 4 heteroatoms. The molecule has 2 aromatic carbocycles. The predicted octanol–water partition coefficient (Wildman–Crippen LogP) is 3.49. The Kier molecular flexibility index (Phi) is 5.52. The Balaban J connectivity index is 2.28. The maximum absolute atomic E-state index is 12.7. The lowest BCUT2D eigenvalue weighted by atomic mass is 10.0. The normalized spacial score (nSPS) is 10.2. The molecule has 2 aromatic rings. The van der Waals surface area contributed by atoms with E-state index in [1.54, 1.807) is 30.2 Å². The first kappa shape index (κ1) is 16.7. The third-order valence-corrected chi connectivity index (χ3v) is 3.71. The van der Waals surface area contributed by atoms with Gasteiger partial charge in [-0.15, -0.1) is 0 Å². The highest BCUT2D eigenvalue weighted by Gasteiger charge is 2.17. The zero-order valence-corrected chi connectivity index (χ0v) is 13.7. The van der Waals surface area contributed by atoms with E-state index >= 15 is 0 Å². The van der Waals surface area contributed by atoms with Gasteiger partial charge in [-0.05, 0) is 44.2 Å². The van der Waals surface area contributed by atoms with Gasteiger partial charge in [0.1, 0.15) is 5.75 Å². The largest absolute Gasteiger partial charge is 0.496 e. The van der Waals surface area contributed by atoms with Crippen LogP contribution in [0.15, 0.2) is 48.5 Å². The Morgan fingerprint density at radius 2 is 1.78 bits per heavy atom. The first-order valence-corrected chi connectivity index (χ1v) is 7.60. The van der Waals surface area contributed by atoms with E-state index in [4.69, 9.17) is 4.74 Å². The van der Waals surface area contributed by atoms with Gasteiger partial charge in [-0.3, -0.25) is 9.59 Å². The molecule has 0 aliphatic carbocycles. The number of carbonyl (C=O) groups excluding carboxylic acids is 2. The molecule has 0 heterocycles. The number of ether oxygens (including phenoxy) is 1. The molecule has 4 nitrogen and oxygen atoms in total.